The van der Waals surface area contributed by atoms with Crippen LogP contribution in [0.1, 0.15) is 29.2 Å². The van der Waals surface area contributed by atoms with Crippen molar-refractivity contribution < 1.29 is 18.3 Å². The van der Waals surface area contributed by atoms with Gasteiger partial charge in [-0.25, -0.2) is 13.8 Å². The van der Waals surface area contributed by atoms with Crippen molar-refractivity contribution >= 4 is 11.7 Å². The van der Waals surface area contributed by atoms with Crippen LogP contribution in [0.15, 0.2) is 48.7 Å². The Morgan fingerprint density at radius 1 is 1.15 bits per heavy atom. The highest BCUT2D eigenvalue weighted by Gasteiger charge is 2.33. The highest BCUT2D eigenvalue weighted by molar-refractivity contribution is 5.95. The van der Waals surface area contributed by atoms with Crippen LogP contribution in [0, 0.1) is 18.6 Å². The molecule has 0 spiro atoms. The maximum absolute atomic E-state index is 13.9. The Hall–Kier alpha value is -4.21. The van der Waals surface area contributed by atoms with Gasteiger partial charge in [0.1, 0.15) is 23.2 Å². The minimum atomic E-state index is -0.707. The highest BCUT2D eigenvalue weighted by atomic mass is 19.1. The molecule has 1 aliphatic rings. The molecule has 2 aromatic carbocycles. The number of rotatable bonds is 4. The standard InChI is InChI=1S/C23H18F2N6O2/c1-12-21-18(14-6-15(24)9-16(25)7-14)10-20(32)28-22(21)31(30-12)23-27-19(11-26-29-23)13-4-3-5-17(8-13)33-2/h3-9,11,18H,10H2,1-2H3,(H,28,32)/t18-/m0/s1. The summed E-state index contributed by atoms with van der Waals surface area (Å²) in [6.45, 7) is 1.76. The van der Waals surface area contributed by atoms with Gasteiger partial charge in [0.15, 0.2) is 0 Å². The summed E-state index contributed by atoms with van der Waals surface area (Å²) in [7, 11) is 1.57. The van der Waals surface area contributed by atoms with Crippen molar-refractivity contribution in [3.05, 3.63) is 77.1 Å². The number of hydrogen-bond acceptors (Lipinski definition) is 6. The fourth-order valence-electron chi connectivity index (χ4n) is 4.06. The molecule has 0 saturated carbocycles. The van der Waals surface area contributed by atoms with E-state index in [1.807, 2.05) is 24.3 Å². The van der Waals surface area contributed by atoms with Gasteiger partial charge >= 0.3 is 0 Å². The van der Waals surface area contributed by atoms with Gasteiger partial charge in [0.05, 0.1) is 24.7 Å². The second-order valence-corrected chi connectivity index (χ2v) is 7.64. The summed E-state index contributed by atoms with van der Waals surface area (Å²) in [4.78, 5) is 17.1. The van der Waals surface area contributed by atoms with Crippen molar-refractivity contribution in [2.24, 2.45) is 0 Å². The van der Waals surface area contributed by atoms with Gasteiger partial charge in [0, 0.05) is 29.5 Å². The first-order valence-electron chi connectivity index (χ1n) is 10.1. The number of carbonyl (C=O) groups is 1. The number of nitrogens with zero attached hydrogens (tertiary/aromatic N) is 5. The average Bonchev–Trinajstić information content (AvgIpc) is 3.14. The van der Waals surface area contributed by atoms with E-state index in [0.717, 1.165) is 11.6 Å². The quantitative estimate of drug-likeness (QED) is 0.510. The summed E-state index contributed by atoms with van der Waals surface area (Å²) in [5.41, 5.74) is 2.88. The molecule has 0 fully saturated rings. The van der Waals surface area contributed by atoms with Crippen molar-refractivity contribution in [1.82, 2.24) is 25.0 Å². The number of carbonyl (C=O) groups excluding carboxylic acids is 1. The molecule has 3 heterocycles. The maximum atomic E-state index is 13.9. The number of aromatic nitrogens is 5. The summed E-state index contributed by atoms with van der Waals surface area (Å²) in [5.74, 6) is -1.13. The van der Waals surface area contributed by atoms with E-state index in [-0.39, 0.29) is 18.3 Å². The Balaban J connectivity index is 1.61. The van der Waals surface area contributed by atoms with E-state index >= 15 is 0 Å². The van der Waals surface area contributed by atoms with Crippen LogP contribution in [-0.4, -0.2) is 38.0 Å². The van der Waals surface area contributed by atoms with Crippen LogP contribution >= 0.6 is 0 Å². The van der Waals surface area contributed by atoms with Crippen LogP contribution in [0.4, 0.5) is 14.6 Å². The van der Waals surface area contributed by atoms with E-state index in [2.05, 4.69) is 25.6 Å². The molecule has 166 valence electrons. The van der Waals surface area contributed by atoms with E-state index < -0.39 is 17.6 Å². The van der Waals surface area contributed by atoms with E-state index in [1.165, 1.54) is 23.0 Å². The fourth-order valence-corrected chi connectivity index (χ4v) is 4.06. The molecule has 1 N–H and O–H groups in total. The fraction of sp³-hybridized carbons (Fsp3) is 0.174. The molecule has 4 aromatic rings. The lowest BCUT2D eigenvalue weighted by molar-refractivity contribution is -0.116. The molecule has 0 radical (unpaired) electrons. The summed E-state index contributed by atoms with van der Waals surface area (Å²) >= 11 is 0. The molecule has 5 rings (SSSR count). The molecular weight excluding hydrogens is 430 g/mol. The Bertz CT molecular complexity index is 1370. The van der Waals surface area contributed by atoms with Crippen LogP contribution < -0.4 is 10.1 Å². The van der Waals surface area contributed by atoms with Crippen LogP contribution in [0.25, 0.3) is 17.2 Å². The normalized spacial score (nSPS) is 15.2. The minimum Gasteiger partial charge on any atom is -0.497 e. The third-order valence-electron chi connectivity index (χ3n) is 5.49. The number of halogens is 2. The molecular formula is C23H18F2N6O2. The maximum Gasteiger partial charge on any atom is 0.272 e. The van der Waals surface area contributed by atoms with Crippen molar-refractivity contribution in [3.8, 4) is 23.0 Å². The number of benzene rings is 2. The summed E-state index contributed by atoms with van der Waals surface area (Å²) in [5, 5.41) is 15.4. The number of hydrogen-bond donors (Lipinski definition) is 1. The zero-order valence-corrected chi connectivity index (χ0v) is 17.7. The molecule has 0 unspecified atom stereocenters. The first kappa shape index (κ1) is 20.7. The van der Waals surface area contributed by atoms with Crippen molar-refractivity contribution in [2.75, 3.05) is 12.4 Å². The van der Waals surface area contributed by atoms with Gasteiger partial charge in [0.25, 0.3) is 5.95 Å². The van der Waals surface area contributed by atoms with Gasteiger partial charge in [-0.1, -0.05) is 12.1 Å². The van der Waals surface area contributed by atoms with Crippen LogP contribution in [-0.2, 0) is 4.79 Å². The third-order valence-corrected chi connectivity index (χ3v) is 5.49. The predicted octanol–water partition coefficient (Wildman–Crippen LogP) is 3.79. The Morgan fingerprint density at radius 3 is 2.70 bits per heavy atom. The monoisotopic (exact) mass is 448 g/mol. The smallest absolute Gasteiger partial charge is 0.272 e. The van der Waals surface area contributed by atoms with Gasteiger partial charge in [-0.05, 0) is 36.8 Å². The Labute approximate surface area is 187 Å². The number of anilines is 1. The second-order valence-electron chi connectivity index (χ2n) is 7.64. The van der Waals surface area contributed by atoms with Crippen molar-refractivity contribution in [1.29, 1.82) is 0 Å². The molecule has 1 amide bonds. The van der Waals surface area contributed by atoms with E-state index in [9.17, 15) is 13.6 Å². The summed E-state index contributed by atoms with van der Waals surface area (Å²) < 4.78 is 34.4. The zero-order chi connectivity index (χ0) is 23.1. The number of amides is 1. The van der Waals surface area contributed by atoms with Crippen molar-refractivity contribution in [3.63, 3.8) is 0 Å². The molecule has 33 heavy (non-hydrogen) atoms. The molecule has 1 atom stereocenters. The van der Waals surface area contributed by atoms with E-state index in [1.54, 1.807) is 14.0 Å². The first-order valence-corrected chi connectivity index (χ1v) is 10.1. The number of aryl methyl sites for hydroxylation is 1. The average molecular weight is 448 g/mol. The van der Waals surface area contributed by atoms with Crippen molar-refractivity contribution in [2.45, 2.75) is 19.3 Å². The SMILES string of the molecule is COc1cccc(-c2cnnc(-n3nc(C)c4c3NC(=O)C[C@H]4c3cc(F)cc(F)c3)n2)c1. The van der Waals surface area contributed by atoms with Gasteiger partial charge in [0.2, 0.25) is 5.91 Å². The van der Waals surface area contributed by atoms with Crippen LogP contribution in [0.3, 0.4) is 0 Å². The largest absolute Gasteiger partial charge is 0.497 e. The summed E-state index contributed by atoms with van der Waals surface area (Å²) in [6.07, 6.45) is 1.55. The van der Waals surface area contributed by atoms with Gasteiger partial charge < -0.3 is 10.1 Å². The second kappa shape index (κ2) is 8.05. The highest BCUT2D eigenvalue weighted by Crippen LogP contribution is 2.40. The van der Waals surface area contributed by atoms with E-state index in [4.69, 9.17) is 4.74 Å². The molecule has 0 bridgehead atoms. The number of methoxy groups -OCH3 is 1. The molecule has 0 saturated heterocycles. The van der Waals surface area contributed by atoms with E-state index in [0.29, 0.717) is 34.1 Å². The Kier molecular flexibility index (Phi) is 5.04. The first-order chi connectivity index (χ1) is 15.9. The van der Waals surface area contributed by atoms with Gasteiger partial charge in [-0.15, -0.1) is 5.10 Å². The van der Waals surface area contributed by atoms with Gasteiger partial charge in [-0.3, -0.25) is 4.79 Å². The molecule has 1 aliphatic heterocycles. The lowest BCUT2D eigenvalue weighted by Gasteiger charge is -2.24. The third kappa shape index (κ3) is 3.79. The molecule has 0 aliphatic carbocycles. The molecule has 2 aromatic heterocycles. The molecule has 10 heteroatoms. The Morgan fingerprint density at radius 2 is 1.94 bits per heavy atom. The predicted molar refractivity (Wildman–Crippen MR) is 115 cm³/mol. The van der Waals surface area contributed by atoms with Gasteiger partial charge in [-0.2, -0.15) is 14.9 Å². The number of ether oxygens (including phenoxy) is 1. The van der Waals surface area contributed by atoms with Crippen LogP contribution in [0.2, 0.25) is 0 Å². The topological polar surface area (TPSA) is 94.8 Å². The lowest BCUT2D eigenvalue weighted by atomic mass is 9.85. The van der Waals surface area contributed by atoms with Crippen LogP contribution in [0.5, 0.6) is 5.75 Å². The number of fused-ring (bicyclic) bond motifs is 1. The lowest BCUT2D eigenvalue weighted by Crippen LogP contribution is -2.25. The summed E-state index contributed by atoms with van der Waals surface area (Å²) in [6, 6.07) is 10.6. The zero-order valence-electron chi connectivity index (χ0n) is 17.7. The number of nitrogens with one attached hydrogen (secondary N) is 1. The molecule has 8 nitrogen and oxygen atoms in total. The minimum absolute atomic E-state index is 0.0331.